The molecule has 0 bridgehead atoms. The average Bonchev–Trinajstić information content (AvgIpc) is 2.24. The molecule has 110 valence electrons. The normalized spacial score (nSPS) is 12.0. The molecule has 3 N–H and O–H groups in total. The highest BCUT2D eigenvalue weighted by atomic mass is 16.4. The molecule has 0 radical (unpaired) electrons. The molecule has 0 aliphatic heterocycles. The first-order valence-corrected chi connectivity index (χ1v) is 6.59. The van der Waals surface area contributed by atoms with E-state index in [1.54, 1.807) is 6.92 Å². The van der Waals surface area contributed by atoms with Crippen molar-refractivity contribution in [3.8, 4) is 0 Å². The molecule has 0 rings (SSSR count). The van der Waals surface area contributed by atoms with Crippen LogP contribution in [0.1, 0.15) is 46.5 Å². The van der Waals surface area contributed by atoms with Crippen molar-refractivity contribution in [2.24, 2.45) is 5.92 Å². The summed E-state index contributed by atoms with van der Waals surface area (Å²) < 4.78 is 0. The molecule has 2 amide bonds. The van der Waals surface area contributed by atoms with Crippen LogP contribution in [0.25, 0.3) is 0 Å². The molecule has 0 saturated heterocycles. The van der Waals surface area contributed by atoms with Crippen LogP contribution in [0.3, 0.4) is 0 Å². The first kappa shape index (κ1) is 17.4. The molecule has 0 aliphatic rings. The second-order valence-electron chi connectivity index (χ2n) is 5.08. The number of carboxylic acids is 1. The first-order chi connectivity index (χ1) is 8.81. The van der Waals surface area contributed by atoms with E-state index in [-0.39, 0.29) is 36.6 Å². The fourth-order valence-electron chi connectivity index (χ4n) is 1.55. The Labute approximate surface area is 113 Å². The van der Waals surface area contributed by atoms with E-state index < -0.39 is 5.97 Å². The number of carbonyl (C=O) groups excluding carboxylic acids is 2. The Bertz CT molecular complexity index is 316. The Balaban J connectivity index is 3.65. The van der Waals surface area contributed by atoms with Crippen LogP contribution in [0.4, 0.5) is 0 Å². The zero-order valence-electron chi connectivity index (χ0n) is 11.9. The fourth-order valence-corrected chi connectivity index (χ4v) is 1.55. The Kier molecular flexibility index (Phi) is 8.57. The average molecular weight is 272 g/mol. The molecular formula is C13H24N2O4. The van der Waals surface area contributed by atoms with Gasteiger partial charge >= 0.3 is 5.97 Å². The molecule has 0 aliphatic carbocycles. The lowest BCUT2D eigenvalue weighted by Gasteiger charge is -2.10. The van der Waals surface area contributed by atoms with Crippen LogP contribution < -0.4 is 10.6 Å². The standard InChI is InChI=1S/C13H24N2O4/c1-9(2)15-12(17)6-4-5-11(16)14-8-10(3)7-13(18)19/h9-10H,4-8H2,1-3H3,(H,14,16)(H,15,17)(H,18,19). The molecule has 19 heavy (non-hydrogen) atoms. The molecule has 0 aromatic rings. The minimum atomic E-state index is -0.868. The van der Waals surface area contributed by atoms with E-state index in [1.165, 1.54) is 0 Å². The smallest absolute Gasteiger partial charge is 0.303 e. The summed E-state index contributed by atoms with van der Waals surface area (Å²) in [6, 6.07) is 0.109. The molecule has 0 spiro atoms. The van der Waals surface area contributed by atoms with E-state index in [1.807, 2.05) is 13.8 Å². The minimum absolute atomic E-state index is 0.0388. The van der Waals surface area contributed by atoms with Crippen molar-refractivity contribution >= 4 is 17.8 Å². The van der Waals surface area contributed by atoms with Crippen LogP contribution >= 0.6 is 0 Å². The molecule has 1 unspecified atom stereocenters. The highest BCUT2D eigenvalue weighted by Gasteiger charge is 2.10. The van der Waals surface area contributed by atoms with Crippen LogP contribution in [0.2, 0.25) is 0 Å². The number of amides is 2. The summed E-state index contributed by atoms with van der Waals surface area (Å²) in [4.78, 5) is 33.2. The van der Waals surface area contributed by atoms with E-state index in [4.69, 9.17) is 5.11 Å². The summed E-state index contributed by atoms with van der Waals surface area (Å²) in [6.45, 7) is 5.89. The summed E-state index contributed by atoms with van der Waals surface area (Å²) in [5.74, 6) is -1.16. The van der Waals surface area contributed by atoms with Crippen molar-refractivity contribution in [1.82, 2.24) is 10.6 Å². The summed E-state index contributed by atoms with van der Waals surface area (Å²) in [7, 11) is 0. The fraction of sp³-hybridized carbons (Fsp3) is 0.769. The maximum absolute atomic E-state index is 11.4. The zero-order chi connectivity index (χ0) is 14.8. The van der Waals surface area contributed by atoms with Crippen molar-refractivity contribution in [3.05, 3.63) is 0 Å². The zero-order valence-corrected chi connectivity index (χ0v) is 11.9. The second kappa shape index (κ2) is 9.35. The Morgan fingerprint density at radius 1 is 1.05 bits per heavy atom. The largest absolute Gasteiger partial charge is 0.481 e. The highest BCUT2D eigenvalue weighted by molar-refractivity contribution is 5.79. The van der Waals surface area contributed by atoms with Crippen LogP contribution in [0.15, 0.2) is 0 Å². The lowest BCUT2D eigenvalue weighted by Crippen LogP contribution is -2.31. The molecule has 0 heterocycles. The van der Waals surface area contributed by atoms with Crippen LogP contribution in [-0.4, -0.2) is 35.5 Å². The summed E-state index contributed by atoms with van der Waals surface area (Å²) in [5.41, 5.74) is 0. The number of carbonyl (C=O) groups is 3. The molecule has 0 fully saturated rings. The second-order valence-corrected chi connectivity index (χ2v) is 5.08. The summed E-state index contributed by atoms with van der Waals surface area (Å²) >= 11 is 0. The van der Waals surface area contributed by atoms with E-state index in [2.05, 4.69) is 10.6 Å². The molecule has 0 aromatic heterocycles. The van der Waals surface area contributed by atoms with Gasteiger partial charge < -0.3 is 15.7 Å². The van der Waals surface area contributed by atoms with E-state index in [0.29, 0.717) is 19.4 Å². The monoisotopic (exact) mass is 272 g/mol. The van der Waals surface area contributed by atoms with Gasteiger partial charge in [0.2, 0.25) is 11.8 Å². The van der Waals surface area contributed by atoms with Crippen molar-refractivity contribution in [3.63, 3.8) is 0 Å². The first-order valence-electron chi connectivity index (χ1n) is 6.59. The van der Waals surface area contributed by atoms with Crippen LogP contribution in [0, 0.1) is 5.92 Å². The topological polar surface area (TPSA) is 95.5 Å². The van der Waals surface area contributed by atoms with Gasteiger partial charge in [-0.05, 0) is 26.2 Å². The van der Waals surface area contributed by atoms with Gasteiger partial charge in [0.25, 0.3) is 0 Å². The van der Waals surface area contributed by atoms with Gasteiger partial charge in [-0.25, -0.2) is 0 Å². The van der Waals surface area contributed by atoms with Gasteiger partial charge in [-0.2, -0.15) is 0 Å². The van der Waals surface area contributed by atoms with Crippen molar-refractivity contribution in [1.29, 1.82) is 0 Å². The SMILES string of the molecule is CC(CNC(=O)CCCC(=O)NC(C)C)CC(=O)O. The molecule has 6 heteroatoms. The van der Waals surface area contributed by atoms with Gasteiger partial charge in [-0.15, -0.1) is 0 Å². The molecule has 6 nitrogen and oxygen atoms in total. The highest BCUT2D eigenvalue weighted by Crippen LogP contribution is 2.01. The van der Waals surface area contributed by atoms with E-state index >= 15 is 0 Å². The minimum Gasteiger partial charge on any atom is -0.481 e. The number of carboxylic acid groups (broad SMARTS) is 1. The Hall–Kier alpha value is -1.59. The van der Waals surface area contributed by atoms with Gasteiger partial charge in [0.15, 0.2) is 0 Å². The van der Waals surface area contributed by atoms with Crippen molar-refractivity contribution in [2.45, 2.75) is 52.5 Å². The number of hydrogen-bond acceptors (Lipinski definition) is 3. The molecule has 1 atom stereocenters. The predicted molar refractivity (Wildman–Crippen MR) is 71.6 cm³/mol. The van der Waals surface area contributed by atoms with Crippen LogP contribution in [0.5, 0.6) is 0 Å². The van der Waals surface area contributed by atoms with Crippen molar-refractivity contribution in [2.75, 3.05) is 6.54 Å². The predicted octanol–water partition coefficient (Wildman–Crippen LogP) is 0.908. The third-order valence-electron chi connectivity index (χ3n) is 2.43. The van der Waals surface area contributed by atoms with E-state index in [0.717, 1.165) is 0 Å². The third-order valence-corrected chi connectivity index (χ3v) is 2.43. The third kappa shape index (κ3) is 11.2. The summed E-state index contributed by atoms with van der Waals surface area (Å²) in [5, 5.41) is 14.0. The Morgan fingerprint density at radius 3 is 2.16 bits per heavy atom. The number of aliphatic carboxylic acids is 1. The quantitative estimate of drug-likeness (QED) is 0.581. The summed E-state index contributed by atoms with van der Waals surface area (Å²) in [6.07, 6.45) is 1.15. The maximum Gasteiger partial charge on any atom is 0.303 e. The number of nitrogens with one attached hydrogen (secondary N) is 2. The Morgan fingerprint density at radius 2 is 1.63 bits per heavy atom. The van der Waals surface area contributed by atoms with Gasteiger partial charge in [0, 0.05) is 31.8 Å². The maximum atomic E-state index is 11.4. The van der Waals surface area contributed by atoms with Gasteiger partial charge in [-0.3, -0.25) is 14.4 Å². The number of rotatable bonds is 9. The molecule has 0 aromatic carbocycles. The van der Waals surface area contributed by atoms with Crippen molar-refractivity contribution < 1.29 is 19.5 Å². The lowest BCUT2D eigenvalue weighted by molar-refractivity contribution is -0.138. The molecule has 0 saturated carbocycles. The van der Waals surface area contributed by atoms with E-state index in [9.17, 15) is 14.4 Å². The van der Waals surface area contributed by atoms with Gasteiger partial charge in [0.05, 0.1) is 0 Å². The van der Waals surface area contributed by atoms with Crippen LogP contribution in [-0.2, 0) is 14.4 Å². The van der Waals surface area contributed by atoms with Gasteiger partial charge in [0.1, 0.15) is 0 Å². The number of hydrogen-bond donors (Lipinski definition) is 3. The lowest BCUT2D eigenvalue weighted by atomic mass is 10.1. The molecular weight excluding hydrogens is 248 g/mol. The van der Waals surface area contributed by atoms with Gasteiger partial charge in [-0.1, -0.05) is 6.92 Å².